The Morgan fingerprint density at radius 2 is 2.28 bits per heavy atom. The zero-order valence-electron chi connectivity index (χ0n) is 10.2. The molecule has 0 bridgehead atoms. The zero-order chi connectivity index (χ0) is 13.1. The van der Waals surface area contributed by atoms with Crippen LogP contribution in [0.1, 0.15) is 17.4 Å². The lowest BCUT2D eigenvalue weighted by atomic mass is 10.1. The smallest absolute Gasteiger partial charge is 0.258 e. The average Bonchev–Trinajstić information content (AvgIpc) is 2.82. The second-order valence-electron chi connectivity index (χ2n) is 3.98. The first kappa shape index (κ1) is 13.2. The van der Waals surface area contributed by atoms with Crippen molar-refractivity contribution >= 4 is 15.9 Å². The Bertz CT molecular complexity index is 542. The van der Waals surface area contributed by atoms with Crippen molar-refractivity contribution < 1.29 is 9.26 Å². The van der Waals surface area contributed by atoms with Gasteiger partial charge in [0.05, 0.1) is 12.6 Å². The van der Waals surface area contributed by atoms with E-state index in [4.69, 9.17) is 15.0 Å². The van der Waals surface area contributed by atoms with Gasteiger partial charge in [-0.15, -0.1) is 0 Å². The number of halogens is 1. The summed E-state index contributed by atoms with van der Waals surface area (Å²) in [6, 6.07) is 5.51. The van der Waals surface area contributed by atoms with Crippen LogP contribution in [0.5, 0.6) is 0 Å². The van der Waals surface area contributed by atoms with Crippen LogP contribution in [-0.2, 0) is 4.74 Å². The predicted octanol–water partition coefficient (Wildman–Crippen LogP) is 2.45. The molecule has 1 atom stereocenters. The number of nitrogens with zero attached hydrogens (tertiary/aromatic N) is 2. The van der Waals surface area contributed by atoms with Gasteiger partial charge in [0.1, 0.15) is 0 Å². The maximum Gasteiger partial charge on any atom is 0.258 e. The lowest BCUT2D eigenvalue weighted by Gasteiger charge is -2.03. The van der Waals surface area contributed by atoms with E-state index in [9.17, 15) is 0 Å². The number of nitrogens with two attached hydrogens (primary N) is 1. The normalized spacial score (nSPS) is 12.7. The molecule has 0 spiro atoms. The number of methoxy groups -OCH3 is 1. The maximum atomic E-state index is 5.85. The van der Waals surface area contributed by atoms with E-state index >= 15 is 0 Å². The van der Waals surface area contributed by atoms with E-state index in [2.05, 4.69) is 26.1 Å². The second kappa shape index (κ2) is 5.60. The van der Waals surface area contributed by atoms with Gasteiger partial charge in [-0.05, 0) is 24.6 Å². The standard InChI is InChI=1S/C12H14BrN3O2/c1-7-3-4-8(13)5-9(7)12-15-11(16-18-12)10(14)6-17-2/h3-5,10H,6,14H2,1-2H3. The molecule has 6 heteroatoms. The van der Waals surface area contributed by atoms with Crippen LogP contribution < -0.4 is 5.73 Å². The molecule has 18 heavy (non-hydrogen) atoms. The van der Waals surface area contributed by atoms with E-state index < -0.39 is 0 Å². The fourth-order valence-corrected chi connectivity index (χ4v) is 1.93. The monoisotopic (exact) mass is 311 g/mol. The van der Waals surface area contributed by atoms with Crippen LogP contribution >= 0.6 is 15.9 Å². The Morgan fingerprint density at radius 3 is 3.00 bits per heavy atom. The topological polar surface area (TPSA) is 74.2 Å². The summed E-state index contributed by atoms with van der Waals surface area (Å²) in [7, 11) is 1.58. The Kier molecular flexibility index (Phi) is 4.11. The third kappa shape index (κ3) is 2.77. The number of aryl methyl sites for hydroxylation is 1. The minimum atomic E-state index is -0.375. The van der Waals surface area contributed by atoms with Gasteiger partial charge in [0.2, 0.25) is 0 Å². The van der Waals surface area contributed by atoms with Gasteiger partial charge >= 0.3 is 0 Å². The molecule has 0 aliphatic heterocycles. The van der Waals surface area contributed by atoms with E-state index in [1.807, 2.05) is 25.1 Å². The Balaban J connectivity index is 2.32. The highest BCUT2D eigenvalue weighted by molar-refractivity contribution is 9.10. The zero-order valence-corrected chi connectivity index (χ0v) is 11.8. The van der Waals surface area contributed by atoms with Crippen molar-refractivity contribution in [3.8, 4) is 11.5 Å². The molecular weight excluding hydrogens is 298 g/mol. The summed E-state index contributed by atoms with van der Waals surface area (Å²) in [5.74, 6) is 0.918. The van der Waals surface area contributed by atoms with Crippen molar-refractivity contribution in [1.29, 1.82) is 0 Å². The van der Waals surface area contributed by atoms with Gasteiger partial charge in [0.15, 0.2) is 5.82 Å². The molecule has 0 saturated carbocycles. The molecule has 1 unspecified atom stereocenters. The molecule has 0 fully saturated rings. The summed E-state index contributed by atoms with van der Waals surface area (Å²) in [6.45, 7) is 2.34. The predicted molar refractivity (Wildman–Crippen MR) is 71.0 cm³/mol. The number of hydrogen-bond donors (Lipinski definition) is 1. The van der Waals surface area contributed by atoms with Crippen LogP contribution in [-0.4, -0.2) is 23.9 Å². The molecule has 5 nitrogen and oxygen atoms in total. The molecule has 2 N–H and O–H groups in total. The highest BCUT2D eigenvalue weighted by Crippen LogP contribution is 2.26. The van der Waals surface area contributed by atoms with Crippen LogP contribution in [0.4, 0.5) is 0 Å². The van der Waals surface area contributed by atoms with E-state index in [1.165, 1.54) is 0 Å². The first-order chi connectivity index (χ1) is 8.61. The second-order valence-corrected chi connectivity index (χ2v) is 4.89. The van der Waals surface area contributed by atoms with Crippen molar-refractivity contribution in [2.24, 2.45) is 5.73 Å². The molecule has 0 saturated heterocycles. The van der Waals surface area contributed by atoms with Gasteiger partial charge in [-0.3, -0.25) is 0 Å². The maximum absolute atomic E-state index is 5.85. The van der Waals surface area contributed by atoms with Gasteiger partial charge < -0.3 is 15.0 Å². The van der Waals surface area contributed by atoms with Crippen molar-refractivity contribution in [3.63, 3.8) is 0 Å². The fraction of sp³-hybridized carbons (Fsp3) is 0.333. The number of rotatable bonds is 4. The molecule has 2 rings (SSSR count). The Labute approximate surface area is 113 Å². The van der Waals surface area contributed by atoms with E-state index in [0.717, 1.165) is 15.6 Å². The minimum absolute atomic E-state index is 0.358. The molecule has 0 aliphatic carbocycles. The van der Waals surface area contributed by atoms with E-state index in [-0.39, 0.29) is 6.04 Å². The van der Waals surface area contributed by atoms with Crippen LogP contribution in [0.15, 0.2) is 27.2 Å². The molecule has 1 aromatic heterocycles. The van der Waals surface area contributed by atoms with E-state index in [1.54, 1.807) is 7.11 Å². The molecule has 0 amide bonds. The van der Waals surface area contributed by atoms with Crippen LogP contribution in [0.2, 0.25) is 0 Å². The number of benzene rings is 1. The van der Waals surface area contributed by atoms with Crippen molar-refractivity contribution in [3.05, 3.63) is 34.1 Å². The number of aromatic nitrogens is 2. The van der Waals surface area contributed by atoms with Gasteiger partial charge in [-0.1, -0.05) is 27.2 Å². The number of ether oxygens (including phenoxy) is 1. The summed E-state index contributed by atoms with van der Waals surface area (Å²) in [5, 5.41) is 3.88. The largest absolute Gasteiger partial charge is 0.383 e. The van der Waals surface area contributed by atoms with E-state index in [0.29, 0.717) is 18.3 Å². The number of hydrogen-bond acceptors (Lipinski definition) is 5. The van der Waals surface area contributed by atoms with Crippen LogP contribution in [0.25, 0.3) is 11.5 Å². The highest BCUT2D eigenvalue weighted by Gasteiger charge is 2.16. The van der Waals surface area contributed by atoms with Crippen molar-refractivity contribution in [2.45, 2.75) is 13.0 Å². The SMILES string of the molecule is COCC(N)c1noc(-c2cc(Br)ccc2C)n1. The van der Waals surface area contributed by atoms with Crippen molar-refractivity contribution in [1.82, 2.24) is 10.1 Å². The quantitative estimate of drug-likeness (QED) is 0.938. The van der Waals surface area contributed by atoms with Gasteiger partial charge in [0, 0.05) is 17.1 Å². The lowest BCUT2D eigenvalue weighted by Crippen LogP contribution is -2.17. The summed E-state index contributed by atoms with van der Waals surface area (Å²) in [4.78, 5) is 4.30. The molecule has 1 heterocycles. The Hall–Kier alpha value is -1.24. The first-order valence-electron chi connectivity index (χ1n) is 5.46. The summed E-state index contributed by atoms with van der Waals surface area (Å²) in [6.07, 6.45) is 0. The van der Waals surface area contributed by atoms with Crippen molar-refractivity contribution in [2.75, 3.05) is 13.7 Å². The van der Waals surface area contributed by atoms with Gasteiger partial charge in [0.25, 0.3) is 5.89 Å². The summed E-state index contributed by atoms with van der Waals surface area (Å²) in [5.41, 5.74) is 7.81. The molecule has 1 aromatic carbocycles. The molecule has 96 valence electrons. The van der Waals surface area contributed by atoms with Gasteiger partial charge in [-0.2, -0.15) is 4.98 Å². The highest BCUT2D eigenvalue weighted by atomic mass is 79.9. The molecule has 0 aliphatic rings. The summed E-state index contributed by atoms with van der Waals surface area (Å²) < 4.78 is 11.2. The summed E-state index contributed by atoms with van der Waals surface area (Å²) >= 11 is 3.42. The molecule has 2 aromatic rings. The minimum Gasteiger partial charge on any atom is -0.383 e. The third-order valence-electron chi connectivity index (χ3n) is 2.55. The Morgan fingerprint density at radius 1 is 1.50 bits per heavy atom. The average molecular weight is 312 g/mol. The first-order valence-corrected chi connectivity index (χ1v) is 6.25. The molecular formula is C12H14BrN3O2. The third-order valence-corrected chi connectivity index (χ3v) is 3.04. The van der Waals surface area contributed by atoms with Gasteiger partial charge in [-0.25, -0.2) is 0 Å². The van der Waals surface area contributed by atoms with Crippen LogP contribution in [0, 0.1) is 6.92 Å². The molecule has 0 radical (unpaired) electrons. The lowest BCUT2D eigenvalue weighted by molar-refractivity contribution is 0.177. The fourth-order valence-electron chi connectivity index (χ4n) is 1.57. The van der Waals surface area contributed by atoms with Crippen LogP contribution in [0.3, 0.4) is 0 Å².